The summed E-state index contributed by atoms with van der Waals surface area (Å²) < 4.78 is 53.2. The van der Waals surface area contributed by atoms with Gasteiger partial charge < -0.3 is 15.2 Å². The van der Waals surface area contributed by atoms with Crippen LogP contribution in [0.3, 0.4) is 0 Å². The summed E-state index contributed by atoms with van der Waals surface area (Å²) in [5.74, 6) is -0.162. The molecule has 2 heterocycles. The third-order valence-corrected chi connectivity index (χ3v) is 3.68. The number of benzene rings is 1. The van der Waals surface area contributed by atoms with Crippen molar-refractivity contribution in [3.8, 4) is 12.3 Å². The number of rotatable bonds is 2. The number of fused-ring (bicyclic) bond motifs is 1. The topological polar surface area (TPSA) is 76.0 Å². The first-order chi connectivity index (χ1) is 12.2. The van der Waals surface area contributed by atoms with Gasteiger partial charge in [0, 0.05) is 5.56 Å². The lowest BCUT2D eigenvalue weighted by molar-refractivity contribution is -0.137. The second-order valence-corrected chi connectivity index (χ2v) is 5.42. The van der Waals surface area contributed by atoms with Gasteiger partial charge in [-0.2, -0.15) is 13.2 Å². The minimum Gasteiger partial charge on any atom is -0.349 e. The lowest BCUT2D eigenvalue weighted by atomic mass is 10.1. The average molecular weight is 366 g/mol. The highest BCUT2D eigenvalue weighted by atomic mass is 19.4. The summed E-state index contributed by atoms with van der Waals surface area (Å²) in [6.07, 6.45) is 0.510. The maximum Gasteiger partial charge on any atom is 0.416 e. The first kappa shape index (κ1) is 17.5. The van der Waals surface area contributed by atoms with E-state index >= 15 is 0 Å². The molecule has 0 aliphatic carbocycles. The van der Waals surface area contributed by atoms with Crippen molar-refractivity contribution < 1.29 is 27.2 Å². The third kappa shape index (κ3) is 3.23. The Balaban J connectivity index is 1.94. The molecule has 0 saturated carbocycles. The Morgan fingerprint density at radius 1 is 1.35 bits per heavy atom. The number of alkyl halides is 3. The summed E-state index contributed by atoms with van der Waals surface area (Å²) in [7, 11) is 0. The average Bonchev–Trinajstić information content (AvgIpc) is 2.90. The molecule has 2 aromatic rings. The Bertz CT molecular complexity index is 956. The van der Waals surface area contributed by atoms with Crippen molar-refractivity contribution in [2.45, 2.75) is 19.3 Å². The highest BCUT2D eigenvalue weighted by Crippen LogP contribution is 2.30. The van der Waals surface area contributed by atoms with Crippen LogP contribution in [0.25, 0.3) is 0 Å². The van der Waals surface area contributed by atoms with E-state index < -0.39 is 29.0 Å². The van der Waals surface area contributed by atoms with Gasteiger partial charge in [-0.1, -0.05) is 0 Å². The predicted octanol–water partition coefficient (Wildman–Crippen LogP) is 1.90. The van der Waals surface area contributed by atoms with Crippen LogP contribution in [-0.2, 0) is 24.1 Å². The fourth-order valence-corrected chi connectivity index (χ4v) is 2.49. The van der Waals surface area contributed by atoms with Crippen LogP contribution < -0.4 is 10.6 Å². The fraction of sp³-hybridized carbons (Fsp3) is 0.188. The molecule has 0 fully saturated rings. The molecule has 1 aliphatic heterocycles. The Morgan fingerprint density at radius 3 is 2.73 bits per heavy atom. The van der Waals surface area contributed by atoms with Crippen LogP contribution in [0, 0.1) is 18.2 Å². The standard InChI is InChI=1S/C16H10F4N4O2/c1-2-12-22-14(11-6-21-13(25)7-24(11)12)23-15(26)8-3-9(16(18,19)20)5-10(17)4-8/h1,3-5H,6-7H2,(H,21,25)(H,23,26). The van der Waals surface area contributed by atoms with Gasteiger partial charge in [-0.05, 0) is 24.1 Å². The Morgan fingerprint density at radius 2 is 2.08 bits per heavy atom. The number of amides is 2. The molecular weight excluding hydrogens is 356 g/mol. The first-order valence-corrected chi connectivity index (χ1v) is 7.21. The van der Waals surface area contributed by atoms with Gasteiger partial charge in [-0.3, -0.25) is 9.59 Å². The zero-order valence-electron chi connectivity index (χ0n) is 12.9. The molecular formula is C16H10F4N4O2. The number of hydrogen-bond donors (Lipinski definition) is 2. The SMILES string of the molecule is C#Cc1nc(NC(=O)c2cc(F)cc(C(F)(F)F)c2)c2n1CC(=O)NC2. The molecule has 0 unspecified atom stereocenters. The molecule has 0 spiro atoms. The molecule has 6 nitrogen and oxygen atoms in total. The molecule has 0 radical (unpaired) electrons. The zero-order valence-corrected chi connectivity index (χ0v) is 12.9. The number of carbonyl (C=O) groups is 2. The minimum atomic E-state index is -4.80. The van der Waals surface area contributed by atoms with Crippen LogP contribution in [0.1, 0.15) is 27.4 Å². The largest absolute Gasteiger partial charge is 0.416 e. The fourth-order valence-electron chi connectivity index (χ4n) is 2.49. The first-order valence-electron chi connectivity index (χ1n) is 7.21. The summed E-state index contributed by atoms with van der Waals surface area (Å²) in [5, 5.41) is 4.85. The number of imidazole rings is 1. The molecule has 10 heteroatoms. The van der Waals surface area contributed by atoms with E-state index in [4.69, 9.17) is 6.42 Å². The van der Waals surface area contributed by atoms with Gasteiger partial charge in [0.2, 0.25) is 5.91 Å². The number of nitrogens with zero attached hydrogens (tertiary/aromatic N) is 2. The number of carbonyl (C=O) groups excluding carboxylic acids is 2. The summed E-state index contributed by atoms with van der Waals surface area (Å²) in [6, 6.07) is 1.50. The molecule has 0 bridgehead atoms. The van der Waals surface area contributed by atoms with E-state index in [0.717, 1.165) is 0 Å². The van der Waals surface area contributed by atoms with Crippen molar-refractivity contribution in [3.63, 3.8) is 0 Å². The molecule has 0 saturated heterocycles. The summed E-state index contributed by atoms with van der Waals surface area (Å²) in [6.45, 7) is -0.0734. The quantitative estimate of drug-likeness (QED) is 0.630. The van der Waals surface area contributed by atoms with Crippen molar-refractivity contribution in [1.29, 1.82) is 0 Å². The summed E-state index contributed by atoms with van der Waals surface area (Å²) in [4.78, 5) is 27.7. The number of hydrogen-bond acceptors (Lipinski definition) is 3. The van der Waals surface area contributed by atoms with Crippen LogP contribution in [0.2, 0.25) is 0 Å². The molecule has 2 amide bonds. The number of nitrogens with one attached hydrogen (secondary N) is 2. The Hall–Kier alpha value is -3.35. The van der Waals surface area contributed by atoms with Crippen molar-refractivity contribution >= 4 is 17.6 Å². The zero-order chi connectivity index (χ0) is 19.1. The van der Waals surface area contributed by atoms with Gasteiger partial charge in [0.15, 0.2) is 11.6 Å². The van der Waals surface area contributed by atoms with Crippen LogP contribution in [0.15, 0.2) is 18.2 Å². The Labute approximate surface area is 144 Å². The van der Waals surface area contributed by atoms with Gasteiger partial charge in [0.25, 0.3) is 5.91 Å². The van der Waals surface area contributed by atoms with Gasteiger partial charge in [-0.15, -0.1) is 6.42 Å². The second-order valence-electron chi connectivity index (χ2n) is 5.42. The van der Waals surface area contributed by atoms with Crippen molar-refractivity contribution in [2.75, 3.05) is 5.32 Å². The molecule has 3 rings (SSSR count). The lowest BCUT2D eigenvalue weighted by Gasteiger charge is -2.17. The lowest BCUT2D eigenvalue weighted by Crippen LogP contribution is -2.34. The van der Waals surface area contributed by atoms with Gasteiger partial charge in [0.05, 0.1) is 17.8 Å². The van der Waals surface area contributed by atoms with E-state index in [-0.39, 0.29) is 30.6 Å². The van der Waals surface area contributed by atoms with E-state index in [9.17, 15) is 27.2 Å². The van der Waals surface area contributed by atoms with Crippen molar-refractivity contribution in [3.05, 3.63) is 46.7 Å². The van der Waals surface area contributed by atoms with E-state index in [1.165, 1.54) is 4.57 Å². The highest BCUT2D eigenvalue weighted by Gasteiger charge is 2.32. The second kappa shape index (κ2) is 6.18. The third-order valence-electron chi connectivity index (χ3n) is 3.68. The van der Waals surface area contributed by atoms with Crippen molar-refractivity contribution in [1.82, 2.24) is 14.9 Å². The van der Waals surface area contributed by atoms with Crippen molar-refractivity contribution in [2.24, 2.45) is 0 Å². The van der Waals surface area contributed by atoms with Gasteiger partial charge in [-0.25, -0.2) is 9.37 Å². The number of halogens is 4. The molecule has 0 atom stereocenters. The molecule has 1 aromatic carbocycles. The summed E-state index contributed by atoms with van der Waals surface area (Å²) >= 11 is 0. The van der Waals surface area contributed by atoms with Gasteiger partial charge >= 0.3 is 6.18 Å². The number of aromatic nitrogens is 2. The monoisotopic (exact) mass is 366 g/mol. The molecule has 134 valence electrons. The predicted molar refractivity (Wildman–Crippen MR) is 81.4 cm³/mol. The van der Waals surface area contributed by atoms with Crippen LogP contribution in [0.5, 0.6) is 0 Å². The molecule has 1 aromatic heterocycles. The van der Waals surface area contributed by atoms with Gasteiger partial charge in [0.1, 0.15) is 12.4 Å². The normalized spacial score (nSPS) is 13.6. The molecule has 2 N–H and O–H groups in total. The molecule has 26 heavy (non-hydrogen) atoms. The maximum absolute atomic E-state index is 13.5. The van der Waals surface area contributed by atoms with E-state index in [1.54, 1.807) is 0 Å². The maximum atomic E-state index is 13.5. The van der Waals surface area contributed by atoms with Crippen LogP contribution in [-0.4, -0.2) is 21.4 Å². The van der Waals surface area contributed by atoms with E-state index in [2.05, 4.69) is 21.5 Å². The Kier molecular flexibility index (Phi) is 4.15. The molecule has 1 aliphatic rings. The van der Waals surface area contributed by atoms with E-state index in [1.807, 2.05) is 0 Å². The summed E-state index contributed by atoms with van der Waals surface area (Å²) in [5.41, 5.74) is -1.43. The van der Waals surface area contributed by atoms with Crippen LogP contribution >= 0.6 is 0 Å². The smallest absolute Gasteiger partial charge is 0.349 e. The highest BCUT2D eigenvalue weighted by molar-refractivity contribution is 6.04. The number of anilines is 1. The van der Waals surface area contributed by atoms with E-state index in [0.29, 0.717) is 23.9 Å². The minimum absolute atomic E-state index is 0.0132. The number of terminal acetylenes is 1. The van der Waals surface area contributed by atoms with Crippen LogP contribution in [0.4, 0.5) is 23.4 Å².